The van der Waals surface area contributed by atoms with Crippen molar-refractivity contribution in [1.82, 2.24) is 5.32 Å². The summed E-state index contributed by atoms with van der Waals surface area (Å²) in [5.41, 5.74) is 1.35. The van der Waals surface area contributed by atoms with Crippen LogP contribution in [-0.2, 0) is 26.3 Å². The van der Waals surface area contributed by atoms with E-state index in [-0.39, 0.29) is 6.61 Å². The maximum absolute atomic E-state index is 12.3. The summed E-state index contributed by atoms with van der Waals surface area (Å²) in [7, 11) is 1.27. The molecular weight excluding hydrogens is 344 g/mol. The fourth-order valence-corrected chi connectivity index (χ4v) is 2.68. The van der Waals surface area contributed by atoms with Gasteiger partial charge in [0.15, 0.2) is 0 Å². The normalized spacial score (nSPS) is 11.8. The van der Waals surface area contributed by atoms with Crippen LogP contribution < -0.4 is 5.32 Å². The molecule has 0 bridgehead atoms. The Kier molecular flexibility index (Phi) is 6.56. The number of carbonyl (C=O) groups is 2. The molecule has 6 nitrogen and oxygen atoms in total. The number of ether oxygens (including phenoxy) is 2. The van der Waals surface area contributed by atoms with E-state index in [2.05, 4.69) is 11.4 Å². The molecule has 27 heavy (non-hydrogen) atoms. The molecule has 140 valence electrons. The monoisotopic (exact) mass is 366 g/mol. The van der Waals surface area contributed by atoms with Crippen LogP contribution in [0.3, 0.4) is 0 Å². The molecule has 1 atom stereocenters. The molecule has 0 aromatic heterocycles. The molecule has 2 aromatic carbocycles. The molecule has 0 aliphatic carbocycles. The van der Waals surface area contributed by atoms with E-state index in [1.54, 1.807) is 24.3 Å². The maximum atomic E-state index is 12.3. The summed E-state index contributed by atoms with van der Waals surface area (Å²) in [5, 5.41) is 11.5. The lowest BCUT2D eigenvalue weighted by atomic mass is 9.77. The molecule has 1 unspecified atom stereocenters. The summed E-state index contributed by atoms with van der Waals surface area (Å²) >= 11 is 0. The minimum Gasteiger partial charge on any atom is -0.467 e. The van der Waals surface area contributed by atoms with E-state index in [4.69, 9.17) is 14.7 Å². The molecule has 6 heteroatoms. The predicted octanol–water partition coefficient (Wildman–Crippen LogP) is 3.30. The van der Waals surface area contributed by atoms with Crippen LogP contribution in [0.5, 0.6) is 0 Å². The predicted molar refractivity (Wildman–Crippen MR) is 99.7 cm³/mol. The number of nitrogens with zero attached hydrogens (tertiary/aromatic N) is 1. The Balaban J connectivity index is 2.14. The van der Waals surface area contributed by atoms with E-state index in [0.717, 1.165) is 11.1 Å². The molecule has 0 saturated carbocycles. The van der Waals surface area contributed by atoms with Gasteiger partial charge in [-0.2, -0.15) is 5.26 Å². The number of alkyl carbamates (subject to hydrolysis) is 1. The minimum absolute atomic E-state index is 0.0951. The third kappa shape index (κ3) is 5.08. The van der Waals surface area contributed by atoms with Gasteiger partial charge >= 0.3 is 12.1 Å². The minimum atomic E-state index is -0.960. The first-order valence-electron chi connectivity index (χ1n) is 8.44. The van der Waals surface area contributed by atoms with Crippen molar-refractivity contribution in [1.29, 1.82) is 5.26 Å². The first kappa shape index (κ1) is 20.0. The first-order valence-corrected chi connectivity index (χ1v) is 8.44. The molecule has 2 aromatic rings. The summed E-state index contributed by atoms with van der Waals surface area (Å²) in [5.74, 6) is -0.582. The van der Waals surface area contributed by atoms with Gasteiger partial charge < -0.3 is 14.8 Å². The van der Waals surface area contributed by atoms with Crippen molar-refractivity contribution in [2.24, 2.45) is 0 Å². The Labute approximate surface area is 158 Å². The summed E-state index contributed by atoms with van der Waals surface area (Å²) in [6.07, 6.45) is -0.712. The second kappa shape index (κ2) is 8.86. The zero-order valence-electron chi connectivity index (χ0n) is 15.6. The van der Waals surface area contributed by atoms with Crippen molar-refractivity contribution in [3.05, 3.63) is 71.3 Å². The lowest BCUT2D eigenvalue weighted by Gasteiger charge is -2.33. The highest BCUT2D eigenvalue weighted by Gasteiger charge is 2.39. The molecule has 0 radical (unpaired) electrons. The Morgan fingerprint density at radius 3 is 2.30 bits per heavy atom. The van der Waals surface area contributed by atoms with Crippen LogP contribution in [0.2, 0.25) is 0 Å². The molecule has 0 saturated heterocycles. The zero-order valence-corrected chi connectivity index (χ0v) is 15.6. The lowest BCUT2D eigenvalue weighted by molar-refractivity contribution is -0.144. The number of nitrogens with one attached hydrogen (secondary N) is 1. The second-order valence-corrected chi connectivity index (χ2v) is 6.57. The van der Waals surface area contributed by atoms with E-state index >= 15 is 0 Å². The standard InChI is InChI=1S/C21H22N2O4/c1-21(2,17-11-9-15(13-22)10-12-17)18(19(24)26-3)23-20(25)27-14-16-7-5-4-6-8-16/h4-12,18H,14H2,1-3H3,(H,23,25). The van der Waals surface area contributed by atoms with Crippen molar-refractivity contribution < 1.29 is 19.1 Å². The summed E-state index contributed by atoms with van der Waals surface area (Å²) in [4.78, 5) is 24.6. The van der Waals surface area contributed by atoms with E-state index in [1.807, 2.05) is 44.2 Å². The summed E-state index contributed by atoms with van der Waals surface area (Å²) in [6.45, 7) is 3.72. The first-order chi connectivity index (χ1) is 12.9. The molecular formula is C21H22N2O4. The number of hydrogen-bond donors (Lipinski definition) is 1. The highest BCUT2D eigenvalue weighted by molar-refractivity contribution is 5.83. The molecule has 1 amide bonds. The largest absolute Gasteiger partial charge is 0.467 e. The third-order valence-corrected chi connectivity index (χ3v) is 4.39. The molecule has 0 heterocycles. The van der Waals surface area contributed by atoms with E-state index in [0.29, 0.717) is 5.56 Å². The SMILES string of the molecule is COC(=O)C(NC(=O)OCc1ccccc1)C(C)(C)c1ccc(C#N)cc1. The van der Waals surface area contributed by atoms with Gasteiger partial charge in [0.05, 0.1) is 18.7 Å². The van der Waals surface area contributed by atoms with Crippen molar-refractivity contribution in [3.63, 3.8) is 0 Å². The topological polar surface area (TPSA) is 88.4 Å². The van der Waals surface area contributed by atoms with Gasteiger partial charge in [-0.05, 0) is 23.3 Å². The second-order valence-electron chi connectivity index (χ2n) is 6.57. The number of rotatable bonds is 6. The number of benzene rings is 2. The average molecular weight is 366 g/mol. The Bertz CT molecular complexity index is 824. The zero-order chi connectivity index (χ0) is 19.9. The van der Waals surface area contributed by atoms with Gasteiger partial charge in [0.1, 0.15) is 12.6 Å². The average Bonchev–Trinajstić information content (AvgIpc) is 2.70. The number of carbonyl (C=O) groups excluding carboxylic acids is 2. The van der Waals surface area contributed by atoms with Gasteiger partial charge in [0.25, 0.3) is 0 Å². The van der Waals surface area contributed by atoms with Gasteiger partial charge in [-0.25, -0.2) is 9.59 Å². The van der Waals surface area contributed by atoms with Crippen molar-refractivity contribution >= 4 is 12.1 Å². The van der Waals surface area contributed by atoms with Crippen LogP contribution in [0.4, 0.5) is 4.79 Å². The highest BCUT2D eigenvalue weighted by atomic mass is 16.6. The van der Waals surface area contributed by atoms with Gasteiger partial charge in [0, 0.05) is 5.41 Å². The number of nitriles is 1. The Morgan fingerprint density at radius 1 is 1.11 bits per heavy atom. The van der Waals surface area contributed by atoms with Crippen molar-refractivity contribution in [2.45, 2.75) is 31.9 Å². The quantitative estimate of drug-likeness (QED) is 0.793. The molecule has 0 fully saturated rings. The van der Waals surface area contributed by atoms with Crippen molar-refractivity contribution in [3.8, 4) is 6.07 Å². The number of methoxy groups -OCH3 is 1. The van der Waals surface area contributed by atoms with Gasteiger partial charge in [-0.1, -0.05) is 56.3 Å². The smallest absolute Gasteiger partial charge is 0.408 e. The molecule has 0 aliphatic rings. The van der Waals surface area contributed by atoms with Gasteiger partial charge in [-0.15, -0.1) is 0 Å². The van der Waals surface area contributed by atoms with Crippen LogP contribution in [0.1, 0.15) is 30.5 Å². The maximum Gasteiger partial charge on any atom is 0.408 e. The fourth-order valence-electron chi connectivity index (χ4n) is 2.68. The highest BCUT2D eigenvalue weighted by Crippen LogP contribution is 2.28. The number of esters is 1. The van der Waals surface area contributed by atoms with Gasteiger partial charge in [-0.3, -0.25) is 0 Å². The Morgan fingerprint density at radius 2 is 1.74 bits per heavy atom. The van der Waals surface area contributed by atoms with Crippen LogP contribution in [0.15, 0.2) is 54.6 Å². The Hall–Kier alpha value is -3.33. The lowest BCUT2D eigenvalue weighted by Crippen LogP contribution is -2.53. The van der Waals surface area contributed by atoms with E-state index < -0.39 is 23.5 Å². The fraction of sp³-hybridized carbons (Fsp3) is 0.286. The molecule has 0 spiro atoms. The van der Waals surface area contributed by atoms with E-state index in [9.17, 15) is 9.59 Å². The van der Waals surface area contributed by atoms with Crippen LogP contribution >= 0.6 is 0 Å². The number of hydrogen-bond acceptors (Lipinski definition) is 5. The van der Waals surface area contributed by atoms with E-state index in [1.165, 1.54) is 7.11 Å². The third-order valence-electron chi connectivity index (χ3n) is 4.39. The number of amides is 1. The van der Waals surface area contributed by atoms with Gasteiger partial charge in [0.2, 0.25) is 0 Å². The molecule has 0 aliphatic heterocycles. The van der Waals surface area contributed by atoms with Crippen molar-refractivity contribution in [2.75, 3.05) is 7.11 Å². The molecule has 1 N–H and O–H groups in total. The summed E-state index contributed by atoms with van der Waals surface area (Å²) < 4.78 is 10.1. The van der Waals surface area contributed by atoms with Crippen LogP contribution in [-0.4, -0.2) is 25.2 Å². The summed E-state index contributed by atoms with van der Waals surface area (Å²) in [6, 6.07) is 17.2. The molecule has 2 rings (SSSR count). The van der Waals surface area contributed by atoms with Crippen LogP contribution in [0, 0.1) is 11.3 Å². The van der Waals surface area contributed by atoms with Crippen LogP contribution in [0.25, 0.3) is 0 Å².